The van der Waals surface area contributed by atoms with Crippen molar-refractivity contribution in [3.8, 4) is 0 Å². The van der Waals surface area contributed by atoms with Crippen LogP contribution in [-0.4, -0.2) is 38.8 Å². The first-order valence-electron chi connectivity index (χ1n) is 10.8. The number of ketones is 1. The maximum absolute atomic E-state index is 12.7. The first-order chi connectivity index (χ1) is 14.7. The van der Waals surface area contributed by atoms with Gasteiger partial charge in [0.25, 0.3) is 0 Å². The van der Waals surface area contributed by atoms with Crippen molar-refractivity contribution in [1.29, 1.82) is 0 Å². The standard InChI is InChI=1S/C23H28N4O2S/c1-2-14-27-22(18-7-4-3-5-8-18)24-25-23(27)30-16-20(28)17-10-12-19(13-11-17)26-15-6-9-21(26)29/h2,10-13,18H,1,3-9,14-16H2. The van der Waals surface area contributed by atoms with Crippen LogP contribution in [0.4, 0.5) is 5.69 Å². The first kappa shape index (κ1) is 20.8. The Kier molecular flexibility index (Phi) is 6.67. The number of anilines is 1. The van der Waals surface area contributed by atoms with Gasteiger partial charge in [0.2, 0.25) is 5.91 Å². The van der Waals surface area contributed by atoms with Crippen LogP contribution in [0.15, 0.2) is 42.1 Å². The lowest BCUT2D eigenvalue weighted by Crippen LogP contribution is -2.23. The van der Waals surface area contributed by atoms with Crippen LogP contribution in [0.2, 0.25) is 0 Å². The molecule has 30 heavy (non-hydrogen) atoms. The molecule has 2 heterocycles. The quantitative estimate of drug-likeness (QED) is 0.352. The Hall–Kier alpha value is -2.41. The molecule has 0 spiro atoms. The van der Waals surface area contributed by atoms with E-state index in [1.165, 1.54) is 31.0 Å². The zero-order valence-electron chi connectivity index (χ0n) is 17.3. The van der Waals surface area contributed by atoms with Gasteiger partial charge in [-0.3, -0.25) is 9.59 Å². The minimum absolute atomic E-state index is 0.0478. The number of carbonyl (C=O) groups is 2. The number of amides is 1. The van der Waals surface area contributed by atoms with Gasteiger partial charge in [-0.15, -0.1) is 16.8 Å². The van der Waals surface area contributed by atoms with Gasteiger partial charge in [0.1, 0.15) is 5.82 Å². The average Bonchev–Trinajstić information content (AvgIpc) is 3.39. The van der Waals surface area contributed by atoms with Crippen molar-refractivity contribution in [3.63, 3.8) is 0 Å². The molecular formula is C23H28N4O2S. The topological polar surface area (TPSA) is 68.1 Å². The highest BCUT2D eigenvalue weighted by molar-refractivity contribution is 7.99. The fourth-order valence-electron chi connectivity index (χ4n) is 4.33. The molecule has 2 fully saturated rings. The van der Waals surface area contributed by atoms with Crippen molar-refractivity contribution in [2.75, 3.05) is 17.2 Å². The second kappa shape index (κ2) is 9.60. The predicted octanol–water partition coefficient (Wildman–Crippen LogP) is 4.61. The Morgan fingerprint density at radius 3 is 2.57 bits per heavy atom. The minimum atomic E-state index is 0.0478. The molecule has 2 aromatic rings. The van der Waals surface area contributed by atoms with Crippen LogP contribution < -0.4 is 4.90 Å². The number of aromatic nitrogens is 3. The molecule has 0 radical (unpaired) electrons. The van der Waals surface area contributed by atoms with E-state index in [0.29, 0.717) is 30.2 Å². The van der Waals surface area contributed by atoms with Gasteiger partial charge in [0, 0.05) is 36.7 Å². The SMILES string of the molecule is C=CCn1c(SCC(=O)c2ccc(N3CCCC3=O)cc2)nnc1C1CCCCC1. The highest BCUT2D eigenvalue weighted by Crippen LogP contribution is 2.33. The first-order valence-corrected chi connectivity index (χ1v) is 11.8. The van der Waals surface area contributed by atoms with Gasteiger partial charge in [0.05, 0.1) is 5.75 Å². The zero-order chi connectivity index (χ0) is 20.9. The minimum Gasteiger partial charge on any atom is -0.312 e. The summed E-state index contributed by atoms with van der Waals surface area (Å²) >= 11 is 1.43. The molecule has 6 nitrogen and oxygen atoms in total. The van der Waals surface area contributed by atoms with Gasteiger partial charge in [0.15, 0.2) is 10.9 Å². The van der Waals surface area contributed by atoms with E-state index in [1.54, 1.807) is 4.90 Å². The lowest BCUT2D eigenvalue weighted by Gasteiger charge is -2.21. The largest absolute Gasteiger partial charge is 0.312 e. The Morgan fingerprint density at radius 2 is 1.90 bits per heavy atom. The summed E-state index contributed by atoms with van der Waals surface area (Å²) in [5.74, 6) is 2.00. The Balaban J connectivity index is 1.41. The molecule has 1 saturated heterocycles. The maximum Gasteiger partial charge on any atom is 0.227 e. The molecule has 1 aliphatic heterocycles. The molecule has 1 aromatic heterocycles. The molecular weight excluding hydrogens is 396 g/mol. The summed E-state index contributed by atoms with van der Waals surface area (Å²) < 4.78 is 2.11. The molecule has 1 aromatic carbocycles. The lowest BCUT2D eigenvalue weighted by molar-refractivity contribution is -0.117. The van der Waals surface area contributed by atoms with Crippen molar-refractivity contribution in [2.45, 2.75) is 62.6 Å². The smallest absolute Gasteiger partial charge is 0.227 e. The number of hydrogen-bond donors (Lipinski definition) is 0. The Labute approximate surface area is 181 Å². The van der Waals surface area contributed by atoms with E-state index in [9.17, 15) is 9.59 Å². The van der Waals surface area contributed by atoms with Gasteiger partial charge in [-0.2, -0.15) is 0 Å². The van der Waals surface area contributed by atoms with Gasteiger partial charge in [-0.25, -0.2) is 0 Å². The molecule has 0 atom stereocenters. The predicted molar refractivity (Wildman–Crippen MR) is 119 cm³/mol. The third kappa shape index (κ3) is 4.51. The van der Waals surface area contributed by atoms with E-state index < -0.39 is 0 Å². The summed E-state index contributed by atoms with van der Waals surface area (Å²) in [4.78, 5) is 26.4. The van der Waals surface area contributed by atoms with E-state index in [1.807, 2.05) is 30.3 Å². The van der Waals surface area contributed by atoms with Gasteiger partial charge in [-0.1, -0.05) is 37.1 Å². The molecule has 0 unspecified atom stereocenters. The van der Waals surface area contributed by atoms with E-state index in [4.69, 9.17) is 0 Å². The van der Waals surface area contributed by atoms with Gasteiger partial charge < -0.3 is 9.47 Å². The summed E-state index contributed by atoms with van der Waals surface area (Å²) in [6, 6.07) is 7.35. The number of benzene rings is 1. The normalized spacial score (nSPS) is 17.5. The summed E-state index contributed by atoms with van der Waals surface area (Å²) in [7, 11) is 0. The maximum atomic E-state index is 12.7. The van der Waals surface area contributed by atoms with Crippen molar-refractivity contribution in [3.05, 3.63) is 48.3 Å². The number of allylic oxidation sites excluding steroid dienone is 1. The van der Waals surface area contributed by atoms with Crippen LogP contribution >= 0.6 is 11.8 Å². The number of hydrogen-bond acceptors (Lipinski definition) is 5. The number of nitrogens with zero attached hydrogens (tertiary/aromatic N) is 4. The van der Waals surface area contributed by atoms with E-state index in [-0.39, 0.29) is 11.7 Å². The molecule has 158 valence electrons. The second-order valence-corrected chi connectivity index (χ2v) is 8.93. The molecule has 7 heteroatoms. The third-order valence-corrected chi connectivity index (χ3v) is 6.90. The van der Waals surface area contributed by atoms with Crippen LogP contribution in [0.1, 0.15) is 67.0 Å². The summed E-state index contributed by atoms with van der Waals surface area (Å²) in [5.41, 5.74) is 1.52. The van der Waals surface area contributed by atoms with Gasteiger partial charge in [-0.05, 0) is 43.5 Å². The summed E-state index contributed by atoms with van der Waals surface area (Å²) in [6.07, 6.45) is 9.45. The van der Waals surface area contributed by atoms with Crippen molar-refractivity contribution < 1.29 is 9.59 Å². The molecule has 0 N–H and O–H groups in total. The fraction of sp³-hybridized carbons (Fsp3) is 0.478. The van der Waals surface area contributed by atoms with Crippen LogP contribution in [0, 0.1) is 0 Å². The second-order valence-electron chi connectivity index (χ2n) is 7.98. The highest BCUT2D eigenvalue weighted by atomic mass is 32.2. The van der Waals surface area contributed by atoms with Crippen LogP contribution in [0.25, 0.3) is 0 Å². The molecule has 2 aliphatic rings. The van der Waals surface area contributed by atoms with E-state index >= 15 is 0 Å². The van der Waals surface area contributed by atoms with Crippen LogP contribution in [-0.2, 0) is 11.3 Å². The number of thioether (sulfide) groups is 1. The summed E-state index contributed by atoms with van der Waals surface area (Å²) in [5, 5.41) is 9.63. The number of rotatable bonds is 8. The summed E-state index contributed by atoms with van der Waals surface area (Å²) in [6.45, 7) is 5.29. The Morgan fingerprint density at radius 1 is 1.13 bits per heavy atom. The number of carbonyl (C=O) groups excluding carboxylic acids is 2. The van der Waals surface area contributed by atoms with E-state index in [0.717, 1.165) is 42.5 Å². The highest BCUT2D eigenvalue weighted by Gasteiger charge is 2.24. The van der Waals surface area contributed by atoms with Crippen molar-refractivity contribution in [1.82, 2.24) is 14.8 Å². The number of Topliss-reactive ketones (excluding diaryl/α,β-unsaturated/α-hetero) is 1. The molecule has 1 saturated carbocycles. The Bertz CT molecular complexity index is 916. The third-order valence-electron chi connectivity index (χ3n) is 5.93. The molecule has 4 rings (SSSR count). The van der Waals surface area contributed by atoms with Crippen molar-refractivity contribution >= 4 is 29.1 Å². The molecule has 1 aliphatic carbocycles. The zero-order valence-corrected chi connectivity index (χ0v) is 18.1. The van der Waals surface area contributed by atoms with Crippen LogP contribution in [0.3, 0.4) is 0 Å². The van der Waals surface area contributed by atoms with Crippen molar-refractivity contribution in [2.24, 2.45) is 0 Å². The van der Waals surface area contributed by atoms with Crippen LogP contribution in [0.5, 0.6) is 0 Å². The van der Waals surface area contributed by atoms with Gasteiger partial charge >= 0.3 is 0 Å². The molecule has 0 bridgehead atoms. The molecule has 1 amide bonds. The monoisotopic (exact) mass is 424 g/mol. The lowest BCUT2D eigenvalue weighted by atomic mass is 9.89. The van der Waals surface area contributed by atoms with E-state index in [2.05, 4.69) is 21.3 Å². The fourth-order valence-corrected chi connectivity index (χ4v) is 5.18. The average molecular weight is 425 g/mol.